The molecule has 2 N–H and O–H groups in total. The first kappa shape index (κ1) is 18.1. The Morgan fingerprint density at radius 1 is 1.12 bits per heavy atom. The number of urea groups is 1. The number of hydrogen-bond donors (Lipinski definition) is 2. The van der Waals surface area contributed by atoms with Crippen LogP contribution in [0.2, 0.25) is 0 Å². The average Bonchev–Trinajstić information content (AvgIpc) is 3.13. The standard InChI is InChI=1S/C19H19BrN4O2/c1-3-12(2)21-19(25)22-16-10-6-13(7-11-16)17-23-18(26-24-17)14-4-8-15(20)9-5-14/h4-12H,3H2,1-2H3,(H2,21,22,25)/t12-/m0/s1. The van der Waals surface area contributed by atoms with E-state index in [4.69, 9.17) is 4.52 Å². The van der Waals surface area contributed by atoms with E-state index < -0.39 is 0 Å². The molecule has 2 amide bonds. The van der Waals surface area contributed by atoms with Gasteiger partial charge in [0.15, 0.2) is 0 Å². The summed E-state index contributed by atoms with van der Waals surface area (Å²) in [5.41, 5.74) is 2.36. The number of aromatic nitrogens is 2. The van der Waals surface area contributed by atoms with Crippen molar-refractivity contribution < 1.29 is 9.32 Å². The van der Waals surface area contributed by atoms with Gasteiger partial charge in [-0.15, -0.1) is 0 Å². The van der Waals surface area contributed by atoms with E-state index in [1.54, 1.807) is 12.1 Å². The molecule has 0 saturated heterocycles. The molecule has 0 saturated carbocycles. The number of rotatable bonds is 5. The Balaban J connectivity index is 1.69. The van der Waals surface area contributed by atoms with Crippen molar-refractivity contribution in [3.63, 3.8) is 0 Å². The van der Waals surface area contributed by atoms with E-state index in [0.717, 1.165) is 22.0 Å². The summed E-state index contributed by atoms with van der Waals surface area (Å²) in [4.78, 5) is 16.3. The fourth-order valence-corrected chi connectivity index (χ4v) is 2.51. The van der Waals surface area contributed by atoms with Gasteiger partial charge >= 0.3 is 6.03 Å². The summed E-state index contributed by atoms with van der Waals surface area (Å²) in [6.07, 6.45) is 0.880. The highest BCUT2D eigenvalue weighted by atomic mass is 79.9. The smallest absolute Gasteiger partial charge is 0.319 e. The zero-order valence-corrected chi connectivity index (χ0v) is 16.1. The summed E-state index contributed by atoms with van der Waals surface area (Å²) in [6.45, 7) is 3.98. The zero-order valence-electron chi connectivity index (χ0n) is 14.5. The minimum absolute atomic E-state index is 0.130. The molecule has 3 rings (SSSR count). The van der Waals surface area contributed by atoms with Crippen LogP contribution >= 0.6 is 15.9 Å². The van der Waals surface area contributed by atoms with Gasteiger partial charge in [0.2, 0.25) is 5.82 Å². The van der Waals surface area contributed by atoms with E-state index >= 15 is 0 Å². The maximum absolute atomic E-state index is 11.9. The molecule has 0 aliphatic rings. The third kappa shape index (κ3) is 4.49. The molecule has 1 aromatic heterocycles. The Kier molecular flexibility index (Phi) is 5.68. The lowest BCUT2D eigenvalue weighted by atomic mass is 10.2. The van der Waals surface area contributed by atoms with E-state index in [2.05, 4.69) is 36.7 Å². The molecule has 7 heteroatoms. The zero-order chi connectivity index (χ0) is 18.5. The van der Waals surface area contributed by atoms with Gasteiger partial charge in [0.1, 0.15) is 0 Å². The van der Waals surface area contributed by atoms with Crippen LogP contribution < -0.4 is 10.6 Å². The number of carbonyl (C=O) groups is 1. The third-order valence-electron chi connectivity index (χ3n) is 3.91. The summed E-state index contributed by atoms with van der Waals surface area (Å²) < 4.78 is 6.33. The highest BCUT2D eigenvalue weighted by molar-refractivity contribution is 9.10. The maximum Gasteiger partial charge on any atom is 0.319 e. The first-order valence-electron chi connectivity index (χ1n) is 8.32. The van der Waals surface area contributed by atoms with E-state index in [1.807, 2.05) is 50.2 Å². The molecule has 0 radical (unpaired) electrons. The number of hydrogen-bond acceptors (Lipinski definition) is 4. The van der Waals surface area contributed by atoms with Crippen LogP contribution in [0.15, 0.2) is 57.5 Å². The van der Waals surface area contributed by atoms with Crippen molar-refractivity contribution in [3.05, 3.63) is 53.0 Å². The van der Waals surface area contributed by atoms with Gasteiger partial charge < -0.3 is 15.2 Å². The lowest BCUT2D eigenvalue weighted by Gasteiger charge is -2.12. The van der Waals surface area contributed by atoms with Crippen molar-refractivity contribution in [1.82, 2.24) is 15.5 Å². The molecule has 0 unspecified atom stereocenters. The van der Waals surface area contributed by atoms with Crippen molar-refractivity contribution in [2.45, 2.75) is 26.3 Å². The normalized spacial score (nSPS) is 11.8. The Morgan fingerprint density at radius 3 is 2.42 bits per heavy atom. The number of anilines is 1. The second kappa shape index (κ2) is 8.14. The summed E-state index contributed by atoms with van der Waals surface area (Å²) in [5.74, 6) is 0.959. The molecule has 3 aromatic rings. The SMILES string of the molecule is CC[C@H](C)NC(=O)Nc1ccc(-c2noc(-c3ccc(Br)cc3)n2)cc1. The number of halogens is 1. The molecule has 0 bridgehead atoms. The molecule has 6 nitrogen and oxygen atoms in total. The molecule has 134 valence electrons. The van der Waals surface area contributed by atoms with Gasteiger partial charge in [-0.25, -0.2) is 4.79 Å². The molecule has 0 aliphatic heterocycles. The Hall–Kier alpha value is -2.67. The van der Waals surface area contributed by atoms with E-state index in [9.17, 15) is 4.79 Å². The second-order valence-electron chi connectivity index (χ2n) is 5.92. The van der Waals surface area contributed by atoms with Crippen molar-refractivity contribution in [2.24, 2.45) is 0 Å². The number of amides is 2. The van der Waals surface area contributed by atoms with Gasteiger partial charge in [0.25, 0.3) is 5.89 Å². The highest BCUT2D eigenvalue weighted by Gasteiger charge is 2.11. The van der Waals surface area contributed by atoms with Crippen molar-refractivity contribution in [2.75, 3.05) is 5.32 Å². The van der Waals surface area contributed by atoms with Gasteiger partial charge in [-0.2, -0.15) is 4.98 Å². The topological polar surface area (TPSA) is 80.0 Å². The molecule has 26 heavy (non-hydrogen) atoms. The van der Waals surface area contributed by atoms with Crippen LogP contribution in [0.4, 0.5) is 10.5 Å². The first-order chi connectivity index (χ1) is 12.5. The van der Waals surface area contributed by atoms with Crippen molar-refractivity contribution in [3.8, 4) is 22.8 Å². The Labute approximate surface area is 160 Å². The van der Waals surface area contributed by atoms with Gasteiger partial charge in [-0.3, -0.25) is 0 Å². The molecule has 0 spiro atoms. The van der Waals surface area contributed by atoms with Crippen LogP contribution in [0.3, 0.4) is 0 Å². The predicted octanol–water partition coefficient (Wildman–Crippen LogP) is 5.09. The monoisotopic (exact) mass is 414 g/mol. The molecule has 0 fully saturated rings. The van der Waals surface area contributed by atoms with E-state index in [1.165, 1.54) is 0 Å². The minimum atomic E-state index is -0.218. The summed E-state index contributed by atoms with van der Waals surface area (Å²) in [7, 11) is 0. The van der Waals surface area contributed by atoms with Crippen LogP contribution in [0.5, 0.6) is 0 Å². The number of nitrogens with zero attached hydrogens (tertiary/aromatic N) is 2. The number of carbonyl (C=O) groups excluding carboxylic acids is 1. The summed E-state index contributed by atoms with van der Waals surface area (Å²) in [5, 5.41) is 9.69. The lowest BCUT2D eigenvalue weighted by molar-refractivity contribution is 0.249. The largest absolute Gasteiger partial charge is 0.335 e. The summed E-state index contributed by atoms with van der Waals surface area (Å²) in [6, 6.07) is 14.9. The first-order valence-corrected chi connectivity index (χ1v) is 9.12. The Morgan fingerprint density at radius 2 is 1.77 bits per heavy atom. The van der Waals surface area contributed by atoms with Gasteiger partial charge in [0, 0.05) is 27.3 Å². The fraction of sp³-hybridized carbons (Fsp3) is 0.211. The van der Waals surface area contributed by atoms with Crippen LogP contribution in [0.25, 0.3) is 22.8 Å². The molecule has 1 atom stereocenters. The van der Waals surface area contributed by atoms with Crippen LogP contribution in [0, 0.1) is 0 Å². The fourth-order valence-electron chi connectivity index (χ4n) is 2.25. The number of benzene rings is 2. The second-order valence-corrected chi connectivity index (χ2v) is 6.83. The highest BCUT2D eigenvalue weighted by Crippen LogP contribution is 2.24. The average molecular weight is 415 g/mol. The molecular weight excluding hydrogens is 396 g/mol. The number of nitrogens with one attached hydrogen (secondary N) is 2. The lowest BCUT2D eigenvalue weighted by Crippen LogP contribution is -2.35. The third-order valence-corrected chi connectivity index (χ3v) is 4.44. The quantitative estimate of drug-likeness (QED) is 0.609. The van der Waals surface area contributed by atoms with Gasteiger partial charge in [-0.05, 0) is 61.9 Å². The van der Waals surface area contributed by atoms with Crippen LogP contribution in [-0.4, -0.2) is 22.2 Å². The van der Waals surface area contributed by atoms with Crippen LogP contribution in [-0.2, 0) is 0 Å². The maximum atomic E-state index is 11.9. The predicted molar refractivity (Wildman–Crippen MR) is 105 cm³/mol. The molecule has 1 heterocycles. The molecular formula is C19H19BrN4O2. The molecule has 0 aliphatic carbocycles. The Bertz CT molecular complexity index is 875. The van der Waals surface area contributed by atoms with Gasteiger partial charge in [-0.1, -0.05) is 28.0 Å². The summed E-state index contributed by atoms with van der Waals surface area (Å²) >= 11 is 3.40. The van der Waals surface area contributed by atoms with Crippen molar-refractivity contribution >= 4 is 27.6 Å². The minimum Gasteiger partial charge on any atom is -0.335 e. The van der Waals surface area contributed by atoms with Gasteiger partial charge in [0.05, 0.1) is 0 Å². The molecule has 2 aromatic carbocycles. The van der Waals surface area contributed by atoms with Crippen molar-refractivity contribution in [1.29, 1.82) is 0 Å². The van der Waals surface area contributed by atoms with E-state index in [-0.39, 0.29) is 12.1 Å². The van der Waals surface area contributed by atoms with Crippen LogP contribution in [0.1, 0.15) is 20.3 Å². The van der Waals surface area contributed by atoms with E-state index in [0.29, 0.717) is 17.4 Å².